The van der Waals surface area contributed by atoms with Crippen LogP contribution in [0.3, 0.4) is 0 Å². The fourth-order valence-electron chi connectivity index (χ4n) is 2.68. The van der Waals surface area contributed by atoms with Crippen molar-refractivity contribution in [3.63, 3.8) is 0 Å². The molecule has 1 aromatic rings. The van der Waals surface area contributed by atoms with E-state index in [9.17, 15) is 13.6 Å². The molecule has 98 valence electrons. The van der Waals surface area contributed by atoms with Crippen LogP contribution in [0.1, 0.15) is 41.9 Å². The van der Waals surface area contributed by atoms with E-state index in [1.54, 1.807) is 12.1 Å². The zero-order chi connectivity index (χ0) is 13.1. The van der Waals surface area contributed by atoms with Gasteiger partial charge in [0.15, 0.2) is 0 Å². The van der Waals surface area contributed by atoms with Gasteiger partial charge in [0, 0.05) is 0 Å². The molecule has 18 heavy (non-hydrogen) atoms. The number of hydrogen-bond donors (Lipinski definition) is 1. The second kappa shape index (κ2) is 5.46. The van der Waals surface area contributed by atoms with Gasteiger partial charge in [0.25, 0.3) is 0 Å². The summed E-state index contributed by atoms with van der Waals surface area (Å²) >= 11 is 0. The van der Waals surface area contributed by atoms with E-state index in [-0.39, 0.29) is 0 Å². The Morgan fingerprint density at radius 3 is 2.67 bits per heavy atom. The van der Waals surface area contributed by atoms with Crippen LogP contribution in [0.25, 0.3) is 0 Å². The van der Waals surface area contributed by atoms with Gasteiger partial charge in [-0.05, 0) is 42.4 Å². The fourth-order valence-corrected chi connectivity index (χ4v) is 2.68. The summed E-state index contributed by atoms with van der Waals surface area (Å²) in [5, 5.41) is 8.76. The highest BCUT2D eigenvalue weighted by Crippen LogP contribution is 2.34. The molecule has 2 nitrogen and oxygen atoms in total. The second-order valence-corrected chi connectivity index (χ2v) is 4.73. The van der Waals surface area contributed by atoms with Gasteiger partial charge < -0.3 is 5.11 Å². The maximum atomic E-state index is 13.1. The van der Waals surface area contributed by atoms with Crippen molar-refractivity contribution in [2.75, 3.05) is 0 Å². The minimum absolute atomic E-state index is 0.506. The maximum Gasteiger partial charge on any atom is 0.304 e. The van der Waals surface area contributed by atoms with Gasteiger partial charge in [-0.1, -0.05) is 18.2 Å². The second-order valence-electron chi connectivity index (χ2n) is 4.73. The Hall–Kier alpha value is -1.45. The van der Waals surface area contributed by atoms with Gasteiger partial charge in [0.2, 0.25) is 6.43 Å². The summed E-state index contributed by atoms with van der Waals surface area (Å²) in [6.07, 6.45) is 0.630. The minimum atomic E-state index is -2.63. The van der Waals surface area contributed by atoms with Crippen molar-refractivity contribution in [3.05, 3.63) is 34.9 Å². The summed E-state index contributed by atoms with van der Waals surface area (Å²) in [5.41, 5.74) is 2.59. The molecular formula is C14H16F2O2. The van der Waals surface area contributed by atoms with E-state index in [0.717, 1.165) is 36.8 Å². The van der Waals surface area contributed by atoms with Gasteiger partial charge in [0.1, 0.15) is 0 Å². The van der Waals surface area contributed by atoms with Gasteiger partial charge >= 0.3 is 5.97 Å². The van der Waals surface area contributed by atoms with E-state index < -0.39 is 24.7 Å². The van der Waals surface area contributed by atoms with Crippen molar-refractivity contribution in [1.29, 1.82) is 0 Å². The Balaban J connectivity index is 2.38. The van der Waals surface area contributed by atoms with Crippen LogP contribution in [0.4, 0.5) is 8.78 Å². The first-order valence-electron chi connectivity index (χ1n) is 6.20. The standard InChI is InChI=1S/C14H16F2O2/c15-14(16)12(8-13(17)18)11-7-3-5-9-4-1-2-6-10(9)11/h3,5,7,12,14H,1-2,4,6,8H2,(H,17,18). The van der Waals surface area contributed by atoms with E-state index in [4.69, 9.17) is 5.11 Å². The quantitative estimate of drug-likeness (QED) is 0.894. The highest BCUT2D eigenvalue weighted by atomic mass is 19.3. The first kappa shape index (κ1) is 13.0. The van der Waals surface area contributed by atoms with Crippen molar-refractivity contribution >= 4 is 5.97 Å². The van der Waals surface area contributed by atoms with Gasteiger partial charge in [-0.25, -0.2) is 8.78 Å². The van der Waals surface area contributed by atoms with Crippen molar-refractivity contribution in [2.24, 2.45) is 0 Å². The first-order chi connectivity index (χ1) is 8.59. The molecule has 0 aromatic heterocycles. The number of aryl methyl sites for hydroxylation is 1. The lowest BCUT2D eigenvalue weighted by Gasteiger charge is -2.23. The predicted octanol–water partition coefficient (Wildman–Crippen LogP) is 3.39. The molecule has 0 saturated carbocycles. The lowest BCUT2D eigenvalue weighted by molar-refractivity contribution is -0.138. The first-order valence-corrected chi connectivity index (χ1v) is 6.20. The van der Waals surface area contributed by atoms with Crippen LogP contribution in [-0.4, -0.2) is 17.5 Å². The summed E-state index contributed by atoms with van der Waals surface area (Å²) in [4.78, 5) is 10.7. The molecule has 0 spiro atoms. The Morgan fingerprint density at radius 2 is 2.00 bits per heavy atom. The van der Waals surface area contributed by atoms with E-state index >= 15 is 0 Å². The normalized spacial score (nSPS) is 16.4. The zero-order valence-electron chi connectivity index (χ0n) is 10.0. The molecule has 0 saturated heterocycles. The molecule has 0 bridgehead atoms. The van der Waals surface area contributed by atoms with Crippen LogP contribution in [0.2, 0.25) is 0 Å². The lowest BCUT2D eigenvalue weighted by Crippen LogP contribution is -2.18. The number of benzene rings is 1. The summed E-state index contributed by atoms with van der Waals surface area (Å²) < 4.78 is 26.1. The largest absolute Gasteiger partial charge is 0.481 e. The summed E-state index contributed by atoms with van der Waals surface area (Å²) in [6, 6.07) is 5.38. The number of alkyl halides is 2. The number of carboxylic acid groups (broad SMARTS) is 1. The summed E-state index contributed by atoms with van der Waals surface area (Å²) in [7, 11) is 0. The molecular weight excluding hydrogens is 238 g/mol. The highest BCUT2D eigenvalue weighted by molar-refractivity contribution is 5.68. The van der Waals surface area contributed by atoms with Crippen molar-refractivity contribution < 1.29 is 18.7 Å². The SMILES string of the molecule is O=C(O)CC(c1cccc2c1CCCC2)C(F)F. The molecule has 1 atom stereocenters. The number of rotatable bonds is 4. The topological polar surface area (TPSA) is 37.3 Å². The number of aliphatic carboxylic acids is 1. The molecule has 0 radical (unpaired) electrons. The molecule has 0 amide bonds. The highest BCUT2D eigenvalue weighted by Gasteiger charge is 2.28. The fraction of sp³-hybridized carbons (Fsp3) is 0.500. The molecule has 1 aliphatic carbocycles. The van der Waals surface area contributed by atoms with Gasteiger partial charge in [-0.15, -0.1) is 0 Å². The third-order valence-corrected chi connectivity index (χ3v) is 3.53. The average molecular weight is 254 g/mol. The summed E-state index contributed by atoms with van der Waals surface area (Å²) in [5.74, 6) is -2.36. The number of fused-ring (bicyclic) bond motifs is 1. The van der Waals surface area contributed by atoms with Crippen molar-refractivity contribution in [1.82, 2.24) is 0 Å². The van der Waals surface area contributed by atoms with Crippen molar-refractivity contribution in [2.45, 2.75) is 44.4 Å². The van der Waals surface area contributed by atoms with E-state index in [0.29, 0.717) is 5.56 Å². The molecule has 0 aliphatic heterocycles. The molecule has 1 unspecified atom stereocenters. The Labute approximate surface area is 105 Å². The number of carboxylic acids is 1. The molecule has 4 heteroatoms. The third kappa shape index (κ3) is 2.68. The molecule has 1 aliphatic rings. The molecule has 1 aromatic carbocycles. The Bertz CT molecular complexity index is 443. The molecule has 0 heterocycles. The zero-order valence-corrected chi connectivity index (χ0v) is 10.0. The molecule has 1 N–H and O–H groups in total. The van der Waals surface area contributed by atoms with Gasteiger partial charge in [-0.2, -0.15) is 0 Å². The van der Waals surface area contributed by atoms with Crippen LogP contribution in [0, 0.1) is 0 Å². The number of hydrogen-bond acceptors (Lipinski definition) is 1. The van der Waals surface area contributed by atoms with Gasteiger partial charge in [0.05, 0.1) is 12.3 Å². The van der Waals surface area contributed by atoms with E-state index in [2.05, 4.69) is 0 Å². The average Bonchev–Trinajstić information content (AvgIpc) is 2.35. The maximum absolute atomic E-state index is 13.1. The van der Waals surface area contributed by atoms with Crippen LogP contribution in [-0.2, 0) is 17.6 Å². The minimum Gasteiger partial charge on any atom is -0.481 e. The number of halogens is 2. The molecule has 2 rings (SSSR count). The van der Waals surface area contributed by atoms with Crippen LogP contribution in [0.5, 0.6) is 0 Å². The van der Waals surface area contributed by atoms with Crippen LogP contribution < -0.4 is 0 Å². The summed E-state index contributed by atoms with van der Waals surface area (Å²) in [6.45, 7) is 0. The smallest absolute Gasteiger partial charge is 0.304 e. The third-order valence-electron chi connectivity index (χ3n) is 3.53. The van der Waals surface area contributed by atoms with Crippen molar-refractivity contribution in [3.8, 4) is 0 Å². The predicted molar refractivity (Wildman–Crippen MR) is 64.1 cm³/mol. The van der Waals surface area contributed by atoms with Gasteiger partial charge in [-0.3, -0.25) is 4.79 Å². The van der Waals surface area contributed by atoms with E-state index in [1.807, 2.05) is 6.07 Å². The van der Waals surface area contributed by atoms with E-state index in [1.165, 1.54) is 0 Å². The number of carbonyl (C=O) groups is 1. The Morgan fingerprint density at radius 1 is 1.28 bits per heavy atom. The van der Waals surface area contributed by atoms with Crippen LogP contribution >= 0.6 is 0 Å². The molecule has 0 fully saturated rings. The monoisotopic (exact) mass is 254 g/mol. The van der Waals surface area contributed by atoms with Crippen LogP contribution in [0.15, 0.2) is 18.2 Å². The Kier molecular flexibility index (Phi) is 3.94. The lowest BCUT2D eigenvalue weighted by atomic mass is 9.83.